The van der Waals surface area contributed by atoms with Crippen molar-refractivity contribution < 1.29 is 30.0 Å². The number of fused-ring (bicyclic) bond motifs is 1. The van der Waals surface area contributed by atoms with Crippen LogP contribution in [0.25, 0.3) is 22.0 Å². The van der Waals surface area contributed by atoms with Gasteiger partial charge in [0.05, 0.1) is 5.76 Å². The summed E-state index contributed by atoms with van der Waals surface area (Å²) in [6.07, 6.45) is 2.76. The number of aryl methyl sites for hydroxylation is 1. The topological polar surface area (TPSA) is 63.1 Å². The molecule has 0 unspecified atom stereocenters. The maximum Gasteiger partial charge on any atom is 0.155 e. The van der Waals surface area contributed by atoms with Crippen molar-refractivity contribution in [1.82, 2.24) is 9.97 Å². The van der Waals surface area contributed by atoms with E-state index in [2.05, 4.69) is 34.2 Å². The quantitative estimate of drug-likeness (QED) is 0.314. The number of rotatable bonds is 2. The molecule has 5 heteroatoms. The van der Waals surface area contributed by atoms with E-state index >= 15 is 0 Å². The predicted molar refractivity (Wildman–Crippen MR) is 95.6 cm³/mol. The summed E-state index contributed by atoms with van der Waals surface area (Å²) in [7, 11) is 0. The van der Waals surface area contributed by atoms with Crippen molar-refractivity contribution in [1.29, 1.82) is 0 Å². The standard InChI is InChI=1S/C15H11N2.C5H8O2.Ir/c1-11-9-15(17-10-16-11)14-8-4-6-12-5-2-3-7-13(12)14;1-4(6)3-5(2)7;/h2-7,9-10H,1H3;3,6H,1-2H3;/q-1;;/b;4-3-;. The van der Waals surface area contributed by atoms with Crippen LogP contribution in [0.4, 0.5) is 0 Å². The number of aromatic nitrogens is 2. The van der Waals surface area contributed by atoms with Gasteiger partial charge in [-0.05, 0) is 26.5 Å². The molecule has 0 saturated heterocycles. The SMILES string of the molecule is CC(=O)/C=C(/C)O.Cc1cc(-c2[c-]ccc3ccccc23)ncn1.[Ir]. The summed E-state index contributed by atoms with van der Waals surface area (Å²) in [5.41, 5.74) is 2.93. The van der Waals surface area contributed by atoms with Crippen molar-refractivity contribution in [3.05, 3.63) is 72.4 Å². The monoisotopic (exact) mass is 512 g/mol. The zero-order chi connectivity index (χ0) is 17.5. The zero-order valence-electron chi connectivity index (χ0n) is 14.3. The number of hydrogen-bond donors (Lipinski definition) is 1. The molecule has 1 aromatic heterocycles. The largest absolute Gasteiger partial charge is 0.512 e. The molecular formula is C20H19IrN2O2-. The first kappa shape index (κ1) is 20.7. The summed E-state index contributed by atoms with van der Waals surface area (Å²) in [6, 6.07) is 17.5. The van der Waals surface area contributed by atoms with Crippen LogP contribution in [0.5, 0.6) is 0 Å². The van der Waals surface area contributed by atoms with Gasteiger partial charge in [-0.25, -0.2) is 4.98 Å². The molecule has 131 valence electrons. The van der Waals surface area contributed by atoms with E-state index in [0.29, 0.717) is 0 Å². The second-order valence-electron chi connectivity index (χ2n) is 5.38. The molecule has 4 nitrogen and oxygen atoms in total. The molecule has 3 rings (SSSR count). The van der Waals surface area contributed by atoms with Crippen LogP contribution in [0.15, 0.2) is 60.6 Å². The fraction of sp³-hybridized carbons (Fsp3) is 0.150. The Morgan fingerprint density at radius 1 is 1.16 bits per heavy atom. The van der Waals surface area contributed by atoms with Gasteiger partial charge in [-0.1, -0.05) is 35.7 Å². The first-order valence-electron chi connectivity index (χ1n) is 7.53. The average molecular weight is 512 g/mol. The molecule has 2 aromatic carbocycles. The number of benzene rings is 2. The van der Waals surface area contributed by atoms with E-state index in [1.165, 1.54) is 30.7 Å². The van der Waals surface area contributed by atoms with Crippen LogP contribution in [-0.2, 0) is 24.9 Å². The van der Waals surface area contributed by atoms with E-state index in [1.54, 1.807) is 6.33 Å². The van der Waals surface area contributed by atoms with Crippen molar-refractivity contribution in [2.45, 2.75) is 20.8 Å². The summed E-state index contributed by atoms with van der Waals surface area (Å²) in [6.45, 7) is 4.82. The van der Waals surface area contributed by atoms with Crippen LogP contribution in [0, 0.1) is 13.0 Å². The molecular weight excluding hydrogens is 492 g/mol. The number of aliphatic hydroxyl groups is 1. The van der Waals surface area contributed by atoms with Crippen molar-refractivity contribution in [2.75, 3.05) is 0 Å². The molecule has 0 amide bonds. The van der Waals surface area contributed by atoms with Gasteiger partial charge < -0.3 is 5.11 Å². The molecule has 1 heterocycles. The first-order valence-corrected chi connectivity index (χ1v) is 7.53. The molecule has 1 N–H and O–H groups in total. The maximum absolute atomic E-state index is 10.0. The second-order valence-corrected chi connectivity index (χ2v) is 5.38. The molecule has 3 aromatic rings. The number of carbonyl (C=O) groups is 1. The summed E-state index contributed by atoms with van der Waals surface area (Å²) < 4.78 is 0. The molecule has 25 heavy (non-hydrogen) atoms. The van der Waals surface area contributed by atoms with E-state index in [0.717, 1.165) is 17.0 Å². The molecule has 0 fully saturated rings. The third kappa shape index (κ3) is 6.22. The van der Waals surface area contributed by atoms with Gasteiger partial charge in [0.2, 0.25) is 0 Å². The third-order valence-corrected chi connectivity index (χ3v) is 3.19. The Kier molecular flexibility index (Phi) is 8.12. The van der Waals surface area contributed by atoms with Crippen molar-refractivity contribution in [3.8, 4) is 11.3 Å². The van der Waals surface area contributed by atoms with Crippen molar-refractivity contribution in [3.63, 3.8) is 0 Å². The molecule has 0 aliphatic rings. The fourth-order valence-electron chi connectivity index (χ4n) is 2.26. The van der Waals surface area contributed by atoms with Gasteiger partial charge in [-0.2, -0.15) is 0 Å². The number of aliphatic hydroxyl groups excluding tert-OH is 1. The van der Waals surface area contributed by atoms with E-state index in [1.807, 2.05) is 31.2 Å². The van der Waals surface area contributed by atoms with Gasteiger partial charge >= 0.3 is 0 Å². The number of ketones is 1. The van der Waals surface area contributed by atoms with Gasteiger partial charge in [0.25, 0.3) is 0 Å². The van der Waals surface area contributed by atoms with Crippen LogP contribution < -0.4 is 0 Å². The van der Waals surface area contributed by atoms with Crippen LogP contribution in [0.2, 0.25) is 0 Å². The van der Waals surface area contributed by atoms with Gasteiger partial charge in [0, 0.05) is 31.9 Å². The van der Waals surface area contributed by atoms with Gasteiger partial charge in [0.1, 0.15) is 6.33 Å². The Morgan fingerprint density at radius 2 is 1.88 bits per heavy atom. The van der Waals surface area contributed by atoms with E-state index in [9.17, 15) is 4.79 Å². The smallest absolute Gasteiger partial charge is 0.155 e. The number of nitrogens with zero attached hydrogens (tertiary/aromatic N) is 2. The van der Waals surface area contributed by atoms with Gasteiger partial charge in [-0.15, -0.1) is 29.1 Å². The molecule has 0 spiro atoms. The first-order chi connectivity index (χ1) is 11.5. The maximum atomic E-state index is 10.0. The summed E-state index contributed by atoms with van der Waals surface area (Å²) >= 11 is 0. The average Bonchev–Trinajstić information content (AvgIpc) is 2.53. The summed E-state index contributed by atoms with van der Waals surface area (Å²) in [5, 5.41) is 10.7. The summed E-state index contributed by atoms with van der Waals surface area (Å²) in [4.78, 5) is 18.5. The molecule has 0 aliphatic carbocycles. The minimum absolute atomic E-state index is 0. The van der Waals surface area contributed by atoms with Gasteiger partial charge in [0.15, 0.2) is 5.78 Å². The molecule has 0 atom stereocenters. The van der Waals surface area contributed by atoms with Crippen molar-refractivity contribution in [2.24, 2.45) is 0 Å². The second kappa shape index (κ2) is 9.82. The van der Waals surface area contributed by atoms with E-state index in [-0.39, 0.29) is 31.6 Å². The normalized spacial score (nSPS) is 10.4. The minimum atomic E-state index is -0.125. The van der Waals surface area contributed by atoms with Crippen LogP contribution in [-0.4, -0.2) is 20.9 Å². The Labute approximate surface area is 161 Å². The van der Waals surface area contributed by atoms with E-state index < -0.39 is 0 Å². The number of allylic oxidation sites excluding steroid dienone is 2. The van der Waals surface area contributed by atoms with Crippen LogP contribution >= 0.6 is 0 Å². The Hall–Kier alpha value is -2.36. The summed E-state index contributed by atoms with van der Waals surface area (Å²) in [5.74, 6) is -0.0625. The fourth-order valence-corrected chi connectivity index (χ4v) is 2.26. The Bertz CT molecular complexity index is 882. The Morgan fingerprint density at radius 3 is 2.48 bits per heavy atom. The predicted octanol–water partition coefficient (Wildman–Crippen LogP) is 4.44. The molecule has 0 bridgehead atoms. The van der Waals surface area contributed by atoms with E-state index in [4.69, 9.17) is 5.11 Å². The zero-order valence-corrected chi connectivity index (χ0v) is 16.7. The third-order valence-electron chi connectivity index (χ3n) is 3.19. The number of hydrogen-bond acceptors (Lipinski definition) is 4. The van der Waals surface area contributed by atoms with Crippen LogP contribution in [0.3, 0.4) is 0 Å². The Balaban J connectivity index is 0.000000339. The van der Waals surface area contributed by atoms with Crippen LogP contribution in [0.1, 0.15) is 19.5 Å². The molecule has 0 aliphatic heterocycles. The number of carbonyl (C=O) groups excluding carboxylic acids is 1. The van der Waals surface area contributed by atoms with Crippen molar-refractivity contribution >= 4 is 16.6 Å². The van der Waals surface area contributed by atoms with Gasteiger partial charge in [-0.3, -0.25) is 9.78 Å². The minimum Gasteiger partial charge on any atom is -0.512 e. The molecule has 0 saturated carbocycles. The molecule has 1 radical (unpaired) electrons.